The van der Waals surface area contributed by atoms with E-state index in [2.05, 4.69) is 62.2 Å². The van der Waals surface area contributed by atoms with E-state index in [-0.39, 0.29) is 0 Å². The number of hydrogen-bond donors (Lipinski definition) is 1. The summed E-state index contributed by atoms with van der Waals surface area (Å²) in [5.41, 5.74) is 3.83. The van der Waals surface area contributed by atoms with Gasteiger partial charge in [-0.05, 0) is 36.1 Å². The van der Waals surface area contributed by atoms with Crippen molar-refractivity contribution < 1.29 is 0 Å². The lowest BCUT2D eigenvalue weighted by molar-refractivity contribution is 0.283. The number of anilines is 1. The second-order valence-corrected chi connectivity index (χ2v) is 6.20. The molecule has 0 spiro atoms. The number of benzene rings is 1. The van der Waals surface area contributed by atoms with E-state index in [4.69, 9.17) is 0 Å². The van der Waals surface area contributed by atoms with Gasteiger partial charge in [0, 0.05) is 62.0 Å². The minimum absolute atomic E-state index is 0.999. The smallest absolute Gasteiger partial charge is 0.0456 e. The standard InChI is InChI=1S/C19H22N4/c1-2-5-19-16(4-1)14-17(21-19)15-22-10-3-11-23(13-12-22)18-6-8-20-9-7-18/h1-2,4-9,14,21H,3,10-13,15H2. The van der Waals surface area contributed by atoms with E-state index in [0.717, 1.165) is 32.7 Å². The second-order valence-electron chi connectivity index (χ2n) is 6.20. The van der Waals surface area contributed by atoms with Crippen LogP contribution in [0.4, 0.5) is 5.69 Å². The van der Waals surface area contributed by atoms with Crippen molar-refractivity contribution in [1.29, 1.82) is 0 Å². The SMILES string of the molecule is c1ccc2[nH]c(CN3CCCN(c4ccncc4)CC3)cc2c1. The Morgan fingerprint density at radius 3 is 2.70 bits per heavy atom. The van der Waals surface area contributed by atoms with Crippen LogP contribution in [0.25, 0.3) is 10.9 Å². The highest BCUT2D eigenvalue weighted by Crippen LogP contribution is 2.18. The highest BCUT2D eigenvalue weighted by molar-refractivity contribution is 5.80. The number of H-pyrrole nitrogens is 1. The topological polar surface area (TPSA) is 35.2 Å². The molecule has 118 valence electrons. The van der Waals surface area contributed by atoms with Crippen LogP contribution in [0.2, 0.25) is 0 Å². The van der Waals surface area contributed by atoms with Crippen molar-refractivity contribution in [2.75, 3.05) is 31.1 Å². The van der Waals surface area contributed by atoms with Crippen molar-refractivity contribution in [3.05, 3.63) is 60.6 Å². The molecule has 1 fully saturated rings. The Morgan fingerprint density at radius 1 is 0.957 bits per heavy atom. The maximum Gasteiger partial charge on any atom is 0.0456 e. The molecule has 4 rings (SSSR count). The van der Waals surface area contributed by atoms with E-state index in [1.807, 2.05) is 12.4 Å². The fourth-order valence-electron chi connectivity index (χ4n) is 3.40. The Hall–Kier alpha value is -2.33. The molecule has 0 unspecified atom stereocenters. The zero-order valence-corrected chi connectivity index (χ0v) is 13.3. The fourth-order valence-corrected chi connectivity index (χ4v) is 3.40. The molecule has 3 heterocycles. The maximum atomic E-state index is 4.11. The molecular weight excluding hydrogens is 284 g/mol. The van der Waals surface area contributed by atoms with Gasteiger partial charge in [-0.15, -0.1) is 0 Å². The van der Waals surface area contributed by atoms with Gasteiger partial charge in [-0.25, -0.2) is 0 Å². The number of nitrogens with one attached hydrogen (secondary N) is 1. The van der Waals surface area contributed by atoms with Gasteiger partial charge in [0.05, 0.1) is 0 Å². The van der Waals surface area contributed by atoms with Gasteiger partial charge in [-0.3, -0.25) is 9.88 Å². The molecule has 0 saturated carbocycles. The molecule has 1 aliphatic rings. The summed E-state index contributed by atoms with van der Waals surface area (Å²) < 4.78 is 0. The van der Waals surface area contributed by atoms with Gasteiger partial charge < -0.3 is 9.88 Å². The molecule has 1 aromatic carbocycles. The number of rotatable bonds is 3. The first-order chi connectivity index (χ1) is 11.4. The maximum absolute atomic E-state index is 4.11. The van der Waals surface area contributed by atoms with E-state index in [1.54, 1.807) is 0 Å². The number of para-hydroxylation sites is 1. The van der Waals surface area contributed by atoms with Gasteiger partial charge in [0.15, 0.2) is 0 Å². The van der Waals surface area contributed by atoms with E-state index < -0.39 is 0 Å². The lowest BCUT2D eigenvalue weighted by Gasteiger charge is -2.23. The summed E-state index contributed by atoms with van der Waals surface area (Å²) >= 11 is 0. The van der Waals surface area contributed by atoms with Gasteiger partial charge in [-0.2, -0.15) is 0 Å². The molecule has 4 heteroatoms. The van der Waals surface area contributed by atoms with Crippen LogP contribution in [0.15, 0.2) is 54.9 Å². The van der Waals surface area contributed by atoms with Crippen LogP contribution in [0.3, 0.4) is 0 Å². The molecule has 1 aliphatic heterocycles. The van der Waals surface area contributed by atoms with E-state index >= 15 is 0 Å². The van der Waals surface area contributed by atoms with Crippen LogP contribution >= 0.6 is 0 Å². The van der Waals surface area contributed by atoms with Gasteiger partial charge in [0.25, 0.3) is 0 Å². The molecule has 0 radical (unpaired) electrons. The third-order valence-corrected chi connectivity index (χ3v) is 4.60. The summed E-state index contributed by atoms with van der Waals surface area (Å²) in [4.78, 5) is 12.7. The quantitative estimate of drug-likeness (QED) is 0.806. The minimum Gasteiger partial charge on any atom is -0.370 e. The van der Waals surface area contributed by atoms with Gasteiger partial charge in [0.1, 0.15) is 0 Å². The highest BCUT2D eigenvalue weighted by Gasteiger charge is 2.16. The fraction of sp³-hybridized carbons (Fsp3) is 0.316. The number of aromatic amines is 1. The van der Waals surface area contributed by atoms with Crippen LogP contribution < -0.4 is 4.90 Å². The monoisotopic (exact) mass is 306 g/mol. The number of nitrogens with zero attached hydrogens (tertiary/aromatic N) is 3. The minimum atomic E-state index is 0.999. The Labute approximate surface area is 136 Å². The first-order valence-electron chi connectivity index (χ1n) is 8.32. The van der Waals surface area contributed by atoms with Crippen molar-refractivity contribution in [3.8, 4) is 0 Å². The summed E-state index contributed by atoms with van der Waals surface area (Å²) in [5.74, 6) is 0. The Morgan fingerprint density at radius 2 is 1.83 bits per heavy atom. The molecule has 4 nitrogen and oxygen atoms in total. The Kier molecular flexibility index (Phi) is 3.99. The summed E-state index contributed by atoms with van der Waals surface area (Å²) in [6.07, 6.45) is 4.95. The van der Waals surface area contributed by atoms with E-state index in [9.17, 15) is 0 Å². The van der Waals surface area contributed by atoms with E-state index in [1.165, 1.54) is 28.7 Å². The summed E-state index contributed by atoms with van der Waals surface area (Å²) in [7, 11) is 0. The molecule has 0 atom stereocenters. The van der Waals surface area contributed by atoms with Crippen molar-refractivity contribution >= 4 is 16.6 Å². The third kappa shape index (κ3) is 3.22. The molecule has 1 saturated heterocycles. The number of fused-ring (bicyclic) bond motifs is 1. The van der Waals surface area contributed by atoms with Crippen molar-refractivity contribution in [2.45, 2.75) is 13.0 Å². The van der Waals surface area contributed by atoms with E-state index in [0.29, 0.717) is 0 Å². The average molecular weight is 306 g/mol. The number of hydrogen-bond acceptors (Lipinski definition) is 3. The summed E-state index contributed by atoms with van der Waals surface area (Å²) in [6.45, 7) is 5.44. The molecule has 0 amide bonds. The van der Waals surface area contributed by atoms with Crippen LogP contribution in [-0.2, 0) is 6.54 Å². The van der Waals surface area contributed by atoms with Crippen molar-refractivity contribution in [3.63, 3.8) is 0 Å². The van der Waals surface area contributed by atoms with Crippen LogP contribution in [0, 0.1) is 0 Å². The lowest BCUT2D eigenvalue weighted by atomic mass is 10.2. The molecule has 2 aromatic heterocycles. The second kappa shape index (κ2) is 6.42. The number of aromatic nitrogens is 2. The Bertz CT molecular complexity index is 732. The molecular formula is C19H22N4. The highest BCUT2D eigenvalue weighted by atomic mass is 15.2. The molecule has 0 bridgehead atoms. The zero-order chi connectivity index (χ0) is 15.5. The average Bonchev–Trinajstić information content (AvgIpc) is 2.86. The van der Waals surface area contributed by atoms with Gasteiger partial charge in [-0.1, -0.05) is 18.2 Å². The normalized spacial score (nSPS) is 16.6. The third-order valence-electron chi connectivity index (χ3n) is 4.60. The first kappa shape index (κ1) is 14.3. The molecule has 0 aliphatic carbocycles. The Balaban J connectivity index is 1.42. The summed E-state index contributed by atoms with van der Waals surface area (Å²) in [6, 6.07) is 15.0. The largest absolute Gasteiger partial charge is 0.370 e. The predicted molar refractivity (Wildman–Crippen MR) is 94.6 cm³/mol. The van der Waals surface area contributed by atoms with Gasteiger partial charge in [0.2, 0.25) is 0 Å². The molecule has 3 aromatic rings. The lowest BCUT2D eigenvalue weighted by Crippen LogP contribution is -2.30. The van der Waals surface area contributed by atoms with Crippen LogP contribution in [0.1, 0.15) is 12.1 Å². The van der Waals surface area contributed by atoms with Crippen LogP contribution in [-0.4, -0.2) is 41.0 Å². The van der Waals surface area contributed by atoms with Gasteiger partial charge >= 0.3 is 0 Å². The van der Waals surface area contributed by atoms with Crippen molar-refractivity contribution in [1.82, 2.24) is 14.9 Å². The zero-order valence-electron chi connectivity index (χ0n) is 13.3. The van der Waals surface area contributed by atoms with Crippen molar-refractivity contribution in [2.24, 2.45) is 0 Å². The molecule has 1 N–H and O–H groups in total. The van der Waals surface area contributed by atoms with Crippen LogP contribution in [0.5, 0.6) is 0 Å². The first-order valence-corrected chi connectivity index (χ1v) is 8.32. The predicted octanol–water partition coefficient (Wildman–Crippen LogP) is 3.28. The summed E-state index contributed by atoms with van der Waals surface area (Å²) in [5, 5.41) is 1.30. The number of pyridine rings is 1. The molecule has 23 heavy (non-hydrogen) atoms.